The van der Waals surface area contributed by atoms with Crippen LogP contribution in [-0.2, 0) is 9.47 Å². The summed E-state index contributed by atoms with van der Waals surface area (Å²) in [7, 11) is 0. The topological polar surface area (TPSA) is 18.5 Å². The highest BCUT2D eigenvalue weighted by Crippen LogP contribution is 2.33. The molecule has 2 heteroatoms. The Hall–Kier alpha value is -1.12. The molecule has 2 unspecified atom stereocenters. The Morgan fingerprint density at radius 2 is 1.89 bits per heavy atom. The maximum atomic E-state index is 6.04. The molecule has 3 rings (SSSR count). The lowest BCUT2D eigenvalue weighted by Crippen LogP contribution is -2.13. The van der Waals surface area contributed by atoms with Crippen molar-refractivity contribution in [2.45, 2.75) is 51.4 Å². The molecule has 0 radical (unpaired) electrons. The summed E-state index contributed by atoms with van der Waals surface area (Å²) in [4.78, 5) is 0. The second-order valence-electron chi connectivity index (χ2n) is 5.63. The SMILES string of the molecule is CC1=C(CC2COC(c3ccccc3)O2)CCCC1. The van der Waals surface area contributed by atoms with Crippen molar-refractivity contribution in [3.8, 4) is 0 Å². The van der Waals surface area contributed by atoms with E-state index in [1.54, 1.807) is 11.1 Å². The van der Waals surface area contributed by atoms with E-state index in [4.69, 9.17) is 9.47 Å². The van der Waals surface area contributed by atoms with E-state index in [1.165, 1.54) is 25.7 Å². The van der Waals surface area contributed by atoms with Crippen LogP contribution in [0, 0.1) is 0 Å². The molecular formula is C17H22O2. The van der Waals surface area contributed by atoms with Crippen LogP contribution in [0.25, 0.3) is 0 Å². The van der Waals surface area contributed by atoms with Gasteiger partial charge in [-0.1, -0.05) is 41.5 Å². The quantitative estimate of drug-likeness (QED) is 0.749. The van der Waals surface area contributed by atoms with Crippen molar-refractivity contribution in [2.24, 2.45) is 0 Å². The predicted octanol–water partition coefficient (Wildman–Crippen LogP) is 4.38. The molecule has 1 saturated heterocycles. The van der Waals surface area contributed by atoms with Crippen LogP contribution in [0.4, 0.5) is 0 Å². The van der Waals surface area contributed by atoms with Crippen LogP contribution in [0.2, 0.25) is 0 Å². The molecule has 0 aromatic heterocycles. The van der Waals surface area contributed by atoms with Crippen molar-refractivity contribution in [1.82, 2.24) is 0 Å². The fraction of sp³-hybridized carbons (Fsp3) is 0.529. The van der Waals surface area contributed by atoms with E-state index in [-0.39, 0.29) is 12.4 Å². The summed E-state index contributed by atoms with van der Waals surface area (Å²) in [5, 5.41) is 0. The first-order chi connectivity index (χ1) is 9.33. The van der Waals surface area contributed by atoms with E-state index in [0.29, 0.717) is 0 Å². The van der Waals surface area contributed by atoms with Crippen molar-refractivity contribution in [2.75, 3.05) is 6.61 Å². The van der Waals surface area contributed by atoms with Gasteiger partial charge in [-0.25, -0.2) is 0 Å². The fourth-order valence-electron chi connectivity index (χ4n) is 3.01. The largest absolute Gasteiger partial charge is 0.346 e. The van der Waals surface area contributed by atoms with Gasteiger partial charge in [-0.15, -0.1) is 0 Å². The molecule has 1 fully saturated rings. The van der Waals surface area contributed by atoms with Crippen molar-refractivity contribution in [3.05, 3.63) is 47.0 Å². The van der Waals surface area contributed by atoms with Gasteiger partial charge in [0.25, 0.3) is 0 Å². The summed E-state index contributed by atoms with van der Waals surface area (Å²) >= 11 is 0. The molecule has 1 aliphatic carbocycles. The molecule has 102 valence electrons. The van der Waals surface area contributed by atoms with Crippen LogP contribution in [0.5, 0.6) is 0 Å². The van der Waals surface area contributed by atoms with Gasteiger partial charge in [-0.05, 0) is 39.0 Å². The Kier molecular flexibility index (Phi) is 4.00. The van der Waals surface area contributed by atoms with Crippen LogP contribution in [0.3, 0.4) is 0 Å². The Bertz CT molecular complexity index is 450. The minimum atomic E-state index is -0.171. The lowest BCUT2D eigenvalue weighted by Gasteiger charge is -2.20. The highest BCUT2D eigenvalue weighted by molar-refractivity contribution is 5.18. The molecule has 19 heavy (non-hydrogen) atoms. The average molecular weight is 258 g/mol. The van der Waals surface area contributed by atoms with Gasteiger partial charge in [0.2, 0.25) is 0 Å². The molecule has 1 aliphatic heterocycles. The highest BCUT2D eigenvalue weighted by Gasteiger charge is 2.28. The highest BCUT2D eigenvalue weighted by atomic mass is 16.7. The molecule has 1 heterocycles. The molecule has 2 nitrogen and oxygen atoms in total. The second-order valence-corrected chi connectivity index (χ2v) is 5.63. The van der Waals surface area contributed by atoms with Crippen molar-refractivity contribution >= 4 is 0 Å². The number of hydrogen-bond donors (Lipinski definition) is 0. The Morgan fingerprint density at radius 1 is 1.11 bits per heavy atom. The maximum Gasteiger partial charge on any atom is 0.184 e. The van der Waals surface area contributed by atoms with Crippen molar-refractivity contribution in [3.63, 3.8) is 0 Å². The zero-order valence-corrected chi connectivity index (χ0v) is 11.6. The van der Waals surface area contributed by atoms with E-state index in [0.717, 1.165) is 18.6 Å². The Labute approximate surface area is 115 Å². The van der Waals surface area contributed by atoms with Gasteiger partial charge in [0.15, 0.2) is 6.29 Å². The lowest BCUT2D eigenvalue weighted by atomic mass is 9.89. The van der Waals surface area contributed by atoms with Gasteiger partial charge >= 0.3 is 0 Å². The number of hydrogen-bond acceptors (Lipinski definition) is 2. The first-order valence-electron chi connectivity index (χ1n) is 7.32. The molecule has 1 aromatic rings. The summed E-state index contributed by atoms with van der Waals surface area (Å²) < 4.78 is 11.8. The van der Waals surface area contributed by atoms with Crippen LogP contribution in [0.1, 0.15) is 50.9 Å². The molecular weight excluding hydrogens is 236 g/mol. The molecule has 0 saturated carbocycles. The summed E-state index contributed by atoms with van der Waals surface area (Å²) in [6.45, 7) is 3.00. The fourth-order valence-corrected chi connectivity index (χ4v) is 3.01. The number of ether oxygens (including phenoxy) is 2. The van der Waals surface area contributed by atoms with Crippen molar-refractivity contribution in [1.29, 1.82) is 0 Å². The third-order valence-corrected chi connectivity index (χ3v) is 4.18. The van der Waals surface area contributed by atoms with Crippen LogP contribution >= 0.6 is 0 Å². The first-order valence-corrected chi connectivity index (χ1v) is 7.32. The molecule has 1 aromatic carbocycles. The zero-order valence-electron chi connectivity index (χ0n) is 11.6. The van der Waals surface area contributed by atoms with Gasteiger partial charge in [0.05, 0.1) is 12.7 Å². The summed E-state index contributed by atoms with van der Waals surface area (Å²) in [5.41, 5.74) is 4.31. The number of allylic oxidation sites excluding steroid dienone is 1. The smallest absolute Gasteiger partial charge is 0.184 e. The molecule has 0 amide bonds. The lowest BCUT2D eigenvalue weighted by molar-refractivity contribution is -0.0599. The number of rotatable bonds is 3. The molecule has 2 aliphatic rings. The third kappa shape index (κ3) is 3.07. The van der Waals surface area contributed by atoms with Gasteiger partial charge in [-0.3, -0.25) is 0 Å². The van der Waals surface area contributed by atoms with E-state index in [2.05, 4.69) is 19.1 Å². The first kappa shape index (κ1) is 12.9. The third-order valence-electron chi connectivity index (χ3n) is 4.18. The molecule has 0 N–H and O–H groups in total. The van der Waals surface area contributed by atoms with E-state index < -0.39 is 0 Å². The summed E-state index contributed by atoms with van der Waals surface area (Å²) in [6.07, 6.45) is 6.32. The van der Waals surface area contributed by atoms with Gasteiger partial charge in [0, 0.05) is 5.56 Å². The Balaban J connectivity index is 1.60. The van der Waals surface area contributed by atoms with Gasteiger partial charge in [-0.2, -0.15) is 0 Å². The maximum absolute atomic E-state index is 6.04. The summed E-state index contributed by atoms with van der Waals surface area (Å²) in [5.74, 6) is 0. The van der Waals surface area contributed by atoms with Crippen LogP contribution in [-0.4, -0.2) is 12.7 Å². The van der Waals surface area contributed by atoms with Crippen molar-refractivity contribution < 1.29 is 9.47 Å². The summed E-state index contributed by atoms with van der Waals surface area (Å²) in [6, 6.07) is 10.2. The minimum absolute atomic E-state index is 0.171. The standard InChI is InChI=1S/C17H22O2/c1-13-7-5-6-10-15(13)11-16-12-18-17(19-16)14-8-3-2-4-9-14/h2-4,8-9,16-17H,5-7,10-12H2,1H3. The second kappa shape index (κ2) is 5.89. The van der Waals surface area contributed by atoms with E-state index in [1.807, 2.05) is 18.2 Å². The van der Waals surface area contributed by atoms with Gasteiger partial charge < -0.3 is 9.47 Å². The monoisotopic (exact) mass is 258 g/mol. The van der Waals surface area contributed by atoms with Crippen LogP contribution in [0.15, 0.2) is 41.5 Å². The molecule has 0 spiro atoms. The Morgan fingerprint density at radius 3 is 2.68 bits per heavy atom. The zero-order chi connectivity index (χ0) is 13.1. The van der Waals surface area contributed by atoms with E-state index in [9.17, 15) is 0 Å². The van der Waals surface area contributed by atoms with Crippen LogP contribution < -0.4 is 0 Å². The normalized spacial score (nSPS) is 27.8. The molecule has 0 bridgehead atoms. The number of benzene rings is 1. The average Bonchev–Trinajstić information content (AvgIpc) is 2.91. The minimum Gasteiger partial charge on any atom is -0.346 e. The van der Waals surface area contributed by atoms with E-state index >= 15 is 0 Å². The predicted molar refractivity (Wildman–Crippen MR) is 75.8 cm³/mol. The molecule has 2 atom stereocenters. The van der Waals surface area contributed by atoms with Gasteiger partial charge in [0.1, 0.15) is 0 Å².